The zero-order valence-electron chi connectivity index (χ0n) is 17.0. The first-order chi connectivity index (χ1) is 13.9. The van der Waals surface area contributed by atoms with Crippen molar-refractivity contribution in [3.8, 4) is 0 Å². The third kappa shape index (κ3) is 3.20. The number of hydrogen-bond donors (Lipinski definition) is 2. The molecule has 29 heavy (non-hydrogen) atoms. The molecule has 4 rings (SSSR count). The topological polar surface area (TPSA) is 79.5 Å². The van der Waals surface area contributed by atoms with E-state index in [1.54, 1.807) is 18.2 Å². The molecule has 0 bridgehead atoms. The number of benzene rings is 1. The maximum Gasteiger partial charge on any atom is 0.337 e. The molecule has 148 valence electrons. The molecule has 1 unspecified atom stereocenters. The molecule has 0 spiro atoms. The minimum absolute atomic E-state index is 0.102. The summed E-state index contributed by atoms with van der Waals surface area (Å²) in [4.78, 5) is 20.9. The Morgan fingerprint density at radius 3 is 2.72 bits per heavy atom. The highest BCUT2D eigenvalue weighted by atomic mass is 16.4. The molecule has 0 fully saturated rings. The highest BCUT2D eigenvalue weighted by molar-refractivity contribution is 5.97. The number of aromatic nitrogens is 3. The highest BCUT2D eigenvalue weighted by Crippen LogP contribution is 2.32. The monoisotopic (exact) mass is 388 g/mol. The third-order valence-corrected chi connectivity index (χ3v) is 5.37. The second-order valence-corrected chi connectivity index (χ2v) is 7.37. The molecule has 0 saturated carbocycles. The van der Waals surface area contributed by atoms with E-state index in [0.29, 0.717) is 5.69 Å². The second-order valence-electron chi connectivity index (χ2n) is 7.37. The maximum atomic E-state index is 11.6. The smallest absolute Gasteiger partial charge is 0.337 e. The van der Waals surface area contributed by atoms with Gasteiger partial charge in [0.25, 0.3) is 0 Å². The zero-order chi connectivity index (χ0) is 20.7. The van der Waals surface area contributed by atoms with E-state index in [2.05, 4.69) is 33.8 Å². The van der Waals surface area contributed by atoms with Crippen LogP contribution in [0.5, 0.6) is 0 Å². The average Bonchev–Trinajstić information content (AvgIpc) is 3.09. The average molecular weight is 388 g/mol. The van der Waals surface area contributed by atoms with Gasteiger partial charge in [0.1, 0.15) is 0 Å². The van der Waals surface area contributed by atoms with Gasteiger partial charge < -0.3 is 14.8 Å². The molecular formula is C23H24N4O2. The van der Waals surface area contributed by atoms with Gasteiger partial charge >= 0.3 is 5.97 Å². The fourth-order valence-electron chi connectivity index (χ4n) is 3.95. The number of fused-ring (bicyclic) bond motifs is 3. The van der Waals surface area contributed by atoms with Gasteiger partial charge in [-0.05, 0) is 57.0 Å². The molecule has 4 aromatic rings. The van der Waals surface area contributed by atoms with Crippen LogP contribution in [0.25, 0.3) is 16.4 Å². The van der Waals surface area contributed by atoms with Crippen LogP contribution in [0.4, 0.5) is 5.69 Å². The van der Waals surface area contributed by atoms with Crippen LogP contribution < -0.4 is 5.32 Å². The molecule has 6 nitrogen and oxygen atoms in total. The molecule has 0 aliphatic rings. The predicted molar refractivity (Wildman–Crippen MR) is 115 cm³/mol. The SMILES string of the molecule is CCc1cc2c(C(C)Nc3ccccc3C(=O)O)cc(C)nc2c2c(C)ncn12. The molecule has 3 aromatic heterocycles. The van der Waals surface area contributed by atoms with Crippen molar-refractivity contribution >= 4 is 28.1 Å². The van der Waals surface area contributed by atoms with Gasteiger partial charge in [-0.1, -0.05) is 19.1 Å². The van der Waals surface area contributed by atoms with Crippen molar-refractivity contribution < 1.29 is 9.90 Å². The Kier molecular flexibility index (Phi) is 4.70. The van der Waals surface area contributed by atoms with E-state index in [9.17, 15) is 9.90 Å². The number of anilines is 1. The summed E-state index contributed by atoms with van der Waals surface area (Å²) < 4.78 is 2.12. The quantitative estimate of drug-likeness (QED) is 0.507. The van der Waals surface area contributed by atoms with Gasteiger partial charge in [0, 0.05) is 28.5 Å². The van der Waals surface area contributed by atoms with Crippen molar-refractivity contribution in [1.29, 1.82) is 0 Å². The van der Waals surface area contributed by atoms with Gasteiger partial charge in [-0.15, -0.1) is 0 Å². The first-order valence-corrected chi connectivity index (χ1v) is 9.76. The number of nitrogens with one attached hydrogen (secondary N) is 1. The second kappa shape index (κ2) is 7.20. The largest absolute Gasteiger partial charge is 0.478 e. The van der Waals surface area contributed by atoms with E-state index >= 15 is 0 Å². The number of carbonyl (C=O) groups is 1. The number of carboxylic acids is 1. The number of pyridine rings is 2. The molecule has 0 radical (unpaired) electrons. The Morgan fingerprint density at radius 2 is 2.00 bits per heavy atom. The normalized spacial score (nSPS) is 12.4. The van der Waals surface area contributed by atoms with Crippen molar-refractivity contribution in [3.63, 3.8) is 0 Å². The van der Waals surface area contributed by atoms with Crippen LogP contribution in [0.1, 0.15) is 52.9 Å². The molecule has 3 heterocycles. The Labute approximate surface area is 169 Å². The summed E-state index contributed by atoms with van der Waals surface area (Å²) in [5.41, 5.74) is 6.94. The van der Waals surface area contributed by atoms with Gasteiger partial charge in [-0.3, -0.25) is 4.98 Å². The molecule has 0 aliphatic carbocycles. The molecule has 1 aromatic carbocycles. The maximum absolute atomic E-state index is 11.6. The number of imidazole rings is 1. The van der Waals surface area contributed by atoms with Crippen LogP contribution in [0, 0.1) is 13.8 Å². The third-order valence-electron chi connectivity index (χ3n) is 5.37. The van der Waals surface area contributed by atoms with Gasteiger partial charge in [0.05, 0.1) is 28.6 Å². The summed E-state index contributed by atoms with van der Waals surface area (Å²) in [5, 5.41) is 14.0. The molecule has 0 amide bonds. The Morgan fingerprint density at radius 1 is 1.24 bits per heavy atom. The van der Waals surface area contributed by atoms with Crippen LogP contribution >= 0.6 is 0 Å². The molecule has 2 N–H and O–H groups in total. The Hall–Kier alpha value is -3.41. The minimum atomic E-state index is -0.944. The summed E-state index contributed by atoms with van der Waals surface area (Å²) in [6.07, 6.45) is 2.73. The number of aryl methyl sites for hydroxylation is 3. The predicted octanol–water partition coefficient (Wildman–Crippen LogP) is 4.93. The fraction of sp³-hybridized carbons (Fsp3) is 0.261. The van der Waals surface area contributed by atoms with Crippen molar-refractivity contribution in [3.05, 3.63) is 70.9 Å². The zero-order valence-corrected chi connectivity index (χ0v) is 17.0. The molecule has 1 atom stereocenters. The van der Waals surface area contributed by atoms with E-state index in [1.165, 1.54) is 0 Å². The lowest BCUT2D eigenvalue weighted by Crippen LogP contribution is -2.12. The van der Waals surface area contributed by atoms with E-state index in [-0.39, 0.29) is 11.6 Å². The number of rotatable bonds is 5. The van der Waals surface area contributed by atoms with Crippen molar-refractivity contribution in [2.24, 2.45) is 0 Å². The first-order valence-electron chi connectivity index (χ1n) is 9.76. The van der Waals surface area contributed by atoms with E-state index in [4.69, 9.17) is 4.98 Å². The number of aromatic carboxylic acids is 1. The number of carboxylic acid groups (broad SMARTS) is 1. The summed E-state index contributed by atoms with van der Waals surface area (Å²) in [6.45, 7) is 8.16. The van der Waals surface area contributed by atoms with E-state index in [1.807, 2.05) is 33.2 Å². The van der Waals surface area contributed by atoms with Crippen molar-refractivity contribution in [1.82, 2.24) is 14.4 Å². The number of para-hydroxylation sites is 1. The standard InChI is InChI=1S/C23H24N4O2/c1-5-16-11-19-18(14(3)26-20-9-7-6-8-17(20)23(28)29)10-13(2)25-21(19)22-15(4)24-12-27(16)22/h6-12,14,26H,5H2,1-4H3,(H,28,29). The number of hydrogen-bond acceptors (Lipinski definition) is 4. The van der Waals surface area contributed by atoms with Crippen LogP contribution in [0.15, 0.2) is 42.7 Å². The van der Waals surface area contributed by atoms with Gasteiger partial charge in [0.2, 0.25) is 0 Å². The Balaban J connectivity index is 1.91. The molecular weight excluding hydrogens is 364 g/mol. The van der Waals surface area contributed by atoms with E-state index in [0.717, 1.165) is 45.5 Å². The van der Waals surface area contributed by atoms with Crippen LogP contribution in [0.2, 0.25) is 0 Å². The van der Waals surface area contributed by atoms with Crippen molar-refractivity contribution in [2.75, 3.05) is 5.32 Å². The lowest BCUT2D eigenvalue weighted by Gasteiger charge is -2.20. The highest BCUT2D eigenvalue weighted by Gasteiger charge is 2.18. The lowest BCUT2D eigenvalue weighted by molar-refractivity contribution is 0.0698. The minimum Gasteiger partial charge on any atom is -0.478 e. The van der Waals surface area contributed by atoms with Crippen LogP contribution in [-0.4, -0.2) is 25.4 Å². The van der Waals surface area contributed by atoms with Crippen LogP contribution in [-0.2, 0) is 6.42 Å². The number of nitrogens with zero attached hydrogens (tertiary/aromatic N) is 3. The Bertz CT molecular complexity index is 1240. The first kappa shape index (κ1) is 18.9. The van der Waals surface area contributed by atoms with Crippen LogP contribution in [0.3, 0.4) is 0 Å². The molecule has 0 aliphatic heterocycles. The van der Waals surface area contributed by atoms with Gasteiger partial charge in [-0.25, -0.2) is 9.78 Å². The van der Waals surface area contributed by atoms with E-state index < -0.39 is 5.97 Å². The lowest BCUT2D eigenvalue weighted by atomic mass is 10.00. The summed E-state index contributed by atoms with van der Waals surface area (Å²) in [5.74, 6) is -0.944. The molecule has 0 saturated heterocycles. The summed E-state index contributed by atoms with van der Waals surface area (Å²) in [7, 11) is 0. The fourth-order valence-corrected chi connectivity index (χ4v) is 3.95. The molecule has 6 heteroatoms. The van der Waals surface area contributed by atoms with Gasteiger partial charge in [0.15, 0.2) is 0 Å². The van der Waals surface area contributed by atoms with Crippen molar-refractivity contribution in [2.45, 2.75) is 40.2 Å². The summed E-state index contributed by atoms with van der Waals surface area (Å²) >= 11 is 0. The van der Waals surface area contributed by atoms with Gasteiger partial charge in [-0.2, -0.15) is 0 Å². The summed E-state index contributed by atoms with van der Waals surface area (Å²) in [6, 6.07) is 11.1.